The van der Waals surface area contributed by atoms with E-state index in [0.29, 0.717) is 31.7 Å². The first-order valence-corrected chi connectivity index (χ1v) is 11.7. The summed E-state index contributed by atoms with van der Waals surface area (Å²) in [6.07, 6.45) is -5.32. The standard InChI is InChI=1S/C26H29F3N2O4/c1-34-24-23(30-21(32)17-35-18-7-3-2-4-8-18)19-9-5-6-10-20(19)25(24)13-15-31(16-14-25)22(33)11-12-26(27,28)29/h2-10,23-24H,11-17H2,1H3,(H,30,32)/t23-,24+/m0/s1. The number of carbonyl (C=O) groups excluding carboxylic acids is 2. The van der Waals surface area contributed by atoms with Gasteiger partial charge in [0.2, 0.25) is 5.91 Å². The third-order valence-corrected chi connectivity index (χ3v) is 6.99. The summed E-state index contributed by atoms with van der Waals surface area (Å²) in [5.74, 6) is -0.176. The van der Waals surface area contributed by atoms with Crippen LogP contribution >= 0.6 is 0 Å². The Balaban J connectivity index is 1.46. The summed E-state index contributed by atoms with van der Waals surface area (Å²) in [7, 11) is 1.60. The lowest BCUT2D eigenvalue weighted by atomic mass is 9.71. The first-order valence-electron chi connectivity index (χ1n) is 11.7. The highest BCUT2D eigenvalue weighted by Crippen LogP contribution is 2.52. The van der Waals surface area contributed by atoms with Gasteiger partial charge in [0.25, 0.3) is 5.91 Å². The van der Waals surface area contributed by atoms with Crippen LogP contribution in [0.3, 0.4) is 0 Å². The second-order valence-electron chi connectivity index (χ2n) is 9.04. The maximum Gasteiger partial charge on any atom is 0.389 e. The zero-order valence-electron chi connectivity index (χ0n) is 19.5. The Morgan fingerprint density at radius 1 is 1.06 bits per heavy atom. The van der Waals surface area contributed by atoms with Gasteiger partial charge in [-0.3, -0.25) is 9.59 Å². The minimum absolute atomic E-state index is 0.145. The molecule has 35 heavy (non-hydrogen) atoms. The molecule has 0 unspecified atom stereocenters. The van der Waals surface area contributed by atoms with E-state index in [1.807, 2.05) is 42.5 Å². The molecule has 0 saturated carbocycles. The molecule has 1 aliphatic heterocycles. The van der Waals surface area contributed by atoms with E-state index in [4.69, 9.17) is 9.47 Å². The van der Waals surface area contributed by atoms with Gasteiger partial charge in [0.1, 0.15) is 5.75 Å². The van der Waals surface area contributed by atoms with Gasteiger partial charge in [0.05, 0.1) is 18.6 Å². The van der Waals surface area contributed by atoms with E-state index >= 15 is 0 Å². The number of carbonyl (C=O) groups is 2. The quantitative estimate of drug-likeness (QED) is 0.633. The van der Waals surface area contributed by atoms with Gasteiger partial charge in [0.15, 0.2) is 6.61 Å². The van der Waals surface area contributed by atoms with Crippen molar-refractivity contribution < 1.29 is 32.2 Å². The number of alkyl halides is 3. The molecule has 1 N–H and O–H groups in total. The van der Waals surface area contributed by atoms with E-state index in [-0.39, 0.29) is 18.6 Å². The molecular formula is C26H29F3N2O4. The Hall–Kier alpha value is -3.07. The number of piperidine rings is 1. The molecule has 1 spiro atoms. The lowest BCUT2D eigenvalue weighted by molar-refractivity contribution is -0.150. The molecule has 6 nitrogen and oxygen atoms in total. The lowest BCUT2D eigenvalue weighted by Gasteiger charge is -2.44. The van der Waals surface area contributed by atoms with E-state index in [1.54, 1.807) is 19.2 Å². The van der Waals surface area contributed by atoms with E-state index in [0.717, 1.165) is 11.1 Å². The van der Waals surface area contributed by atoms with Crippen LogP contribution in [0.25, 0.3) is 0 Å². The van der Waals surface area contributed by atoms with Crippen LogP contribution in [0.1, 0.15) is 42.9 Å². The molecule has 2 aromatic rings. The predicted octanol–water partition coefficient (Wildman–Crippen LogP) is 4.15. The van der Waals surface area contributed by atoms with Gasteiger partial charge < -0.3 is 19.7 Å². The Labute approximate surface area is 202 Å². The van der Waals surface area contributed by atoms with Crippen LogP contribution in [0.2, 0.25) is 0 Å². The number of halogens is 3. The number of hydrogen-bond acceptors (Lipinski definition) is 4. The van der Waals surface area contributed by atoms with Crippen LogP contribution in [0.5, 0.6) is 5.75 Å². The molecule has 0 aromatic heterocycles. The fraction of sp³-hybridized carbons (Fsp3) is 0.462. The number of nitrogens with zero attached hydrogens (tertiary/aromatic N) is 1. The van der Waals surface area contributed by atoms with Gasteiger partial charge in [0, 0.05) is 32.0 Å². The average molecular weight is 491 g/mol. The second kappa shape index (κ2) is 10.3. The molecule has 1 heterocycles. The molecule has 0 radical (unpaired) electrons. The van der Waals surface area contributed by atoms with Crippen molar-refractivity contribution in [1.82, 2.24) is 10.2 Å². The monoisotopic (exact) mass is 490 g/mol. The smallest absolute Gasteiger partial charge is 0.389 e. The molecule has 1 aliphatic carbocycles. The first-order chi connectivity index (χ1) is 16.7. The van der Waals surface area contributed by atoms with Crippen LogP contribution in [-0.4, -0.2) is 55.8 Å². The van der Waals surface area contributed by atoms with Crippen molar-refractivity contribution >= 4 is 11.8 Å². The fourth-order valence-corrected chi connectivity index (χ4v) is 5.37. The number of benzene rings is 2. The number of ether oxygens (including phenoxy) is 2. The fourth-order valence-electron chi connectivity index (χ4n) is 5.37. The molecule has 9 heteroatoms. The Morgan fingerprint density at radius 2 is 1.71 bits per heavy atom. The van der Waals surface area contributed by atoms with Gasteiger partial charge in [-0.1, -0.05) is 42.5 Å². The van der Waals surface area contributed by atoms with Crippen molar-refractivity contribution in [2.45, 2.75) is 49.4 Å². The first kappa shape index (κ1) is 25.0. The number of nitrogens with one attached hydrogen (secondary N) is 1. The van der Waals surface area contributed by atoms with Gasteiger partial charge in [-0.05, 0) is 36.1 Å². The number of likely N-dealkylation sites (tertiary alicyclic amines) is 1. The van der Waals surface area contributed by atoms with Crippen molar-refractivity contribution in [2.75, 3.05) is 26.8 Å². The predicted molar refractivity (Wildman–Crippen MR) is 123 cm³/mol. The van der Waals surface area contributed by atoms with Gasteiger partial charge in [-0.2, -0.15) is 13.2 Å². The zero-order chi connectivity index (χ0) is 25.1. The van der Waals surface area contributed by atoms with Crippen molar-refractivity contribution in [3.63, 3.8) is 0 Å². The summed E-state index contributed by atoms with van der Waals surface area (Å²) in [5, 5.41) is 3.05. The van der Waals surface area contributed by atoms with Gasteiger partial charge >= 0.3 is 6.18 Å². The minimum Gasteiger partial charge on any atom is -0.484 e. The normalized spacial score (nSPS) is 21.0. The number of methoxy groups -OCH3 is 1. The molecule has 4 rings (SSSR count). The number of amides is 2. The molecule has 2 aromatic carbocycles. The summed E-state index contributed by atoms with van der Waals surface area (Å²) in [4.78, 5) is 26.6. The number of para-hydroxylation sites is 1. The van der Waals surface area contributed by atoms with Crippen molar-refractivity contribution in [3.8, 4) is 5.75 Å². The summed E-state index contributed by atoms with van der Waals surface area (Å²) >= 11 is 0. The SMILES string of the molecule is CO[C@@H]1[C@@H](NC(=O)COc2ccccc2)c2ccccc2C12CCN(C(=O)CCC(F)(F)F)CC2. The zero-order valence-corrected chi connectivity index (χ0v) is 19.5. The summed E-state index contributed by atoms with van der Waals surface area (Å²) in [6, 6.07) is 16.4. The lowest BCUT2D eigenvalue weighted by Crippen LogP contribution is -2.52. The third-order valence-electron chi connectivity index (χ3n) is 6.99. The molecule has 2 amide bonds. The molecule has 1 saturated heterocycles. The number of fused-ring (bicyclic) bond motifs is 2. The Bertz CT molecular complexity index is 1040. The third kappa shape index (κ3) is 5.45. The van der Waals surface area contributed by atoms with Crippen LogP contribution in [-0.2, 0) is 19.7 Å². The Kier molecular flexibility index (Phi) is 7.35. The second-order valence-corrected chi connectivity index (χ2v) is 9.04. The van der Waals surface area contributed by atoms with E-state index in [9.17, 15) is 22.8 Å². The van der Waals surface area contributed by atoms with Gasteiger partial charge in [-0.15, -0.1) is 0 Å². The van der Waals surface area contributed by atoms with Crippen molar-refractivity contribution in [3.05, 3.63) is 65.7 Å². The maximum atomic E-state index is 12.8. The van der Waals surface area contributed by atoms with Gasteiger partial charge in [-0.25, -0.2) is 0 Å². The molecular weight excluding hydrogens is 461 g/mol. The highest BCUT2D eigenvalue weighted by atomic mass is 19.4. The number of hydrogen-bond donors (Lipinski definition) is 1. The van der Waals surface area contributed by atoms with Crippen molar-refractivity contribution in [2.24, 2.45) is 0 Å². The van der Waals surface area contributed by atoms with E-state index in [1.165, 1.54) is 4.90 Å². The maximum absolute atomic E-state index is 12.8. The van der Waals surface area contributed by atoms with E-state index in [2.05, 4.69) is 5.32 Å². The minimum atomic E-state index is -4.35. The van der Waals surface area contributed by atoms with Crippen LogP contribution < -0.4 is 10.1 Å². The molecule has 0 bridgehead atoms. The largest absolute Gasteiger partial charge is 0.484 e. The molecule has 188 valence electrons. The molecule has 2 aliphatic rings. The van der Waals surface area contributed by atoms with Crippen LogP contribution in [0, 0.1) is 0 Å². The van der Waals surface area contributed by atoms with Crippen molar-refractivity contribution in [1.29, 1.82) is 0 Å². The number of rotatable bonds is 7. The van der Waals surface area contributed by atoms with Crippen LogP contribution in [0.15, 0.2) is 54.6 Å². The summed E-state index contributed by atoms with van der Waals surface area (Å²) in [6.45, 7) is 0.527. The molecule has 2 atom stereocenters. The average Bonchev–Trinajstić information content (AvgIpc) is 3.10. The highest BCUT2D eigenvalue weighted by Gasteiger charge is 2.54. The van der Waals surface area contributed by atoms with E-state index < -0.39 is 36.4 Å². The summed E-state index contributed by atoms with van der Waals surface area (Å²) in [5.41, 5.74) is 1.54. The highest BCUT2D eigenvalue weighted by molar-refractivity contribution is 5.79. The summed E-state index contributed by atoms with van der Waals surface area (Å²) < 4.78 is 49.2. The van der Waals surface area contributed by atoms with Crippen LogP contribution in [0.4, 0.5) is 13.2 Å². The Morgan fingerprint density at radius 3 is 2.37 bits per heavy atom. The topological polar surface area (TPSA) is 67.9 Å². The molecule has 1 fully saturated rings.